The third kappa shape index (κ3) is 2.66. The molecule has 1 aliphatic heterocycles. The first-order chi connectivity index (χ1) is 9.66. The highest BCUT2D eigenvalue weighted by Gasteiger charge is 2.36. The van der Waals surface area contributed by atoms with Gasteiger partial charge in [0.25, 0.3) is 5.91 Å². The zero-order valence-corrected chi connectivity index (χ0v) is 12.8. The minimum absolute atomic E-state index is 0.0101. The van der Waals surface area contributed by atoms with Crippen LogP contribution in [0.5, 0.6) is 0 Å². The van der Waals surface area contributed by atoms with Gasteiger partial charge in [0.05, 0.1) is 10.6 Å². The molecule has 0 bridgehead atoms. The van der Waals surface area contributed by atoms with E-state index in [0.717, 1.165) is 19.4 Å². The molecule has 3 nitrogen and oxygen atoms in total. The summed E-state index contributed by atoms with van der Waals surface area (Å²) in [4.78, 5) is 18.7. The molecule has 0 N–H and O–H groups in total. The number of carbonyl (C=O) groups excluding carboxylic acids is 1. The van der Waals surface area contributed by atoms with E-state index < -0.39 is 0 Å². The highest BCUT2D eigenvalue weighted by Crippen LogP contribution is 2.36. The fourth-order valence-corrected chi connectivity index (χ4v) is 3.95. The van der Waals surface area contributed by atoms with E-state index in [1.807, 2.05) is 4.90 Å². The summed E-state index contributed by atoms with van der Waals surface area (Å²) in [5.74, 6) is 0.674. The van der Waals surface area contributed by atoms with Gasteiger partial charge in [-0.15, -0.1) is 0 Å². The molecule has 3 rings (SSSR count). The van der Waals surface area contributed by atoms with Crippen LogP contribution >= 0.6 is 23.2 Å². The summed E-state index contributed by atoms with van der Waals surface area (Å²) in [5.41, 5.74) is 0.484. The van der Waals surface area contributed by atoms with Crippen molar-refractivity contribution in [2.24, 2.45) is 5.92 Å². The lowest BCUT2D eigenvalue weighted by molar-refractivity contribution is 0.0391. The molecule has 0 radical (unpaired) electrons. The Bertz CT molecular complexity index is 519. The summed E-state index contributed by atoms with van der Waals surface area (Å²) >= 11 is 12.0. The predicted octanol–water partition coefficient (Wildman–Crippen LogP) is 4.18. The fourth-order valence-electron chi connectivity index (χ4n) is 3.61. The average molecular weight is 313 g/mol. The van der Waals surface area contributed by atoms with E-state index >= 15 is 0 Å². The van der Waals surface area contributed by atoms with Crippen LogP contribution in [0.1, 0.15) is 48.9 Å². The summed E-state index contributed by atoms with van der Waals surface area (Å²) in [6.45, 7) is 0.830. The molecule has 2 unspecified atom stereocenters. The SMILES string of the molecule is O=C(c1cc(Cl)ncc1Cl)N1CCCC2CCCCC21. The first kappa shape index (κ1) is 14.2. The minimum atomic E-state index is 0.0101. The molecule has 1 aliphatic carbocycles. The van der Waals surface area contributed by atoms with E-state index in [1.165, 1.54) is 31.9 Å². The Morgan fingerprint density at radius 1 is 1.20 bits per heavy atom. The first-order valence-corrected chi connectivity index (χ1v) is 8.04. The van der Waals surface area contributed by atoms with Crippen LogP contribution in [0.2, 0.25) is 10.2 Å². The maximum atomic E-state index is 12.8. The normalized spacial score (nSPS) is 26.2. The molecule has 2 atom stereocenters. The van der Waals surface area contributed by atoms with E-state index in [-0.39, 0.29) is 5.91 Å². The number of pyridine rings is 1. The fraction of sp³-hybridized carbons (Fsp3) is 0.600. The summed E-state index contributed by atoms with van der Waals surface area (Å²) in [5, 5.41) is 0.701. The van der Waals surface area contributed by atoms with Crippen LogP contribution in [0.15, 0.2) is 12.3 Å². The quantitative estimate of drug-likeness (QED) is 0.729. The number of hydrogen-bond acceptors (Lipinski definition) is 2. The Kier molecular flexibility index (Phi) is 4.18. The summed E-state index contributed by atoms with van der Waals surface area (Å²) in [6.07, 6.45) is 8.68. The molecule has 0 spiro atoms. The monoisotopic (exact) mass is 312 g/mol. The summed E-state index contributed by atoms with van der Waals surface area (Å²) in [6, 6.07) is 1.96. The summed E-state index contributed by atoms with van der Waals surface area (Å²) in [7, 11) is 0. The number of fused-ring (bicyclic) bond motifs is 1. The minimum Gasteiger partial charge on any atom is -0.335 e. The number of piperidine rings is 1. The van der Waals surface area contributed by atoms with Crippen molar-refractivity contribution in [1.82, 2.24) is 9.88 Å². The molecule has 1 saturated heterocycles. The van der Waals surface area contributed by atoms with Crippen LogP contribution in [0.3, 0.4) is 0 Å². The molecule has 20 heavy (non-hydrogen) atoms. The van der Waals surface area contributed by atoms with Crippen LogP contribution in [-0.2, 0) is 0 Å². The van der Waals surface area contributed by atoms with Gasteiger partial charge >= 0.3 is 0 Å². The third-order valence-corrected chi connectivity index (χ3v) is 5.06. The van der Waals surface area contributed by atoms with Crippen LogP contribution in [-0.4, -0.2) is 28.4 Å². The van der Waals surface area contributed by atoms with Gasteiger partial charge in [-0.2, -0.15) is 0 Å². The second-order valence-corrected chi connectivity index (χ2v) is 6.53. The number of carbonyl (C=O) groups is 1. The second-order valence-electron chi connectivity index (χ2n) is 5.74. The molecule has 0 aromatic carbocycles. The van der Waals surface area contributed by atoms with E-state index in [0.29, 0.717) is 27.7 Å². The van der Waals surface area contributed by atoms with E-state index in [9.17, 15) is 4.79 Å². The number of hydrogen-bond donors (Lipinski definition) is 0. The van der Waals surface area contributed by atoms with E-state index in [2.05, 4.69) is 4.98 Å². The molecule has 2 aliphatic rings. The van der Waals surface area contributed by atoms with Gasteiger partial charge in [0, 0.05) is 18.8 Å². The Balaban J connectivity index is 1.87. The molecule has 5 heteroatoms. The smallest absolute Gasteiger partial charge is 0.255 e. The largest absolute Gasteiger partial charge is 0.335 e. The van der Waals surface area contributed by atoms with E-state index in [4.69, 9.17) is 23.2 Å². The van der Waals surface area contributed by atoms with Crippen LogP contribution in [0.25, 0.3) is 0 Å². The van der Waals surface area contributed by atoms with Crippen LogP contribution < -0.4 is 0 Å². The highest BCUT2D eigenvalue weighted by molar-refractivity contribution is 6.35. The Morgan fingerprint density at radius 2 is 1.95 bits per heavy atom. The maximum Gasteiger partial charge on any atom is 0.255 e. The molecule has 1 amide bonds. The van der Waals surface area contributed by atoms with Crippen LogP contribution in [0, 0.1) is 5.92 Å². The predicted molar refractivity (Wildman–Crippen MR) is 80.3 cm³/mol. The Hall–Kier alpha value is -0.800. The lowest BCUT2D eigenvalue weighted by Crippen LogP contribution is -2.49. The van der Waals surface area contributed by atoms with Crippen molar-refractivity contribution in [3.8, 4) is 0 Å². The van der Waals surface area contributed by atoms with Crippen LogP contribution in [0.4, 0.5) is 0 Å². The van der Waals surface area contributed by atoms with Gasteiger partial charge in [0.2, 0.25) is 0 Å². The van der Waals surface area contributed by atoms with Crippen molar-refractivity contribution >= 4 is 29.1 Å². The van der Waals surface area contributed by atoms with Gasteiger partial charge in [-0.3, -0.25) is 4.79 Å². The molecule has 108 valence electrons. The van der Waals surface area contributed by atoms with E-state index in [1.54, 1.807) is 6.07 Å². The average Bonchev–Trinajstić information content (AvgIpc) is 2.48. The lowest BCUT2D eigenvalue weighted by Gasteiger charge is -2.44. The van der Waals surface area contributed by atoms with Gasteiger partial charge in [-0.25, -0.2) is 4.98 Å². The molecular formula is C15H18Cl2N2O. The number of nitrogens with zero attached hydrogens (tertiary/aromatic N) is 2. The number of rotatable bonds is 1. The number of halogens is 2. The standard InChI is InChI=1S/C15H18Cl2N2O/c16-12-9-18-14(17)8-11(12)15(20)19-7-3-5-10-4-1-2-6-13(10)19/h8-10,13H,1-7H2. The lowest BCUT2D eigenvalue weighted by atomic mass is 9.78. The van der Waals surface area contributed by atoms with Crippen molar-refractivity contribution in [1.29, 1.82) is 0 Å². The van der Waals surface area contributed by atoms with Crippen molar-refractivity contribution < 1.29 is 4.79 Å². The Labute approximate surface area is 129 Å². The maximum absolute atomic E-state index is 12.8. The first-order valence-electron chi connectivity index (χ1n) is 7.29. The van der Waals surface area contributed by atoms with Gasteiger partial charge < -0.3 is 4.90 Å². The number of amides is 1. The molecular weight excluding hydrogens is 295 g/mol. The van der Waals surface area contributed by atoms with Gasteiger partial charge in [0.15, 0.2) is 0 Å². The zero-order valence-electron chi connectivity index (χ0n) is 11.3. The molecule has 1 aromatic rings. The van der Waals surface area contributed by atoms with Crippen molar-refractivity contribution in [2.75, 3.05) is 6.54 Å². The second kappa shape index (κ2) is 5.90. The Morgan fingerprint density at radius 3 is 2.80 bits per heavy atom. The topological polar surface area (TPSA) is 33.2 Å². The third-order valence-electron chi connectivity index (χ3n) is 4.56. The molecule has 2 fully saturated rings. The van der Waals surface area contributed by atoms with Crippen molar-refractivity contribution in [3.05, 3.63) is 28.0 Å². The van der Waals surface area contributed by atoms with Gasteiger partial charge in [0.1, 0.15) is 5.15 Å². The molecule has 2 heterocycles. The zero-order chi connectivity index (χ0) is 14.1. The number of likely N-dealkylation sites (tertiary alicyclic amines) is 1. The summed E-state index contributed by atoms with van der Waals surface area (Å²) < 4.78 is 0. The van der Waals surface area contributed by atoms with Gasteiger partial charge in [-0.1, -0.05) is 36.0 Å². The molecule has 1 saturated carbocycles. The van der Waals surface area contributed by atoms with Gasteiger partial charge in [-0.05, 0) is 37.7 Å². The highest BCUT2D eigenvalue weighted by atomic mass is 35.5. The number of aromatic nitrogens is 1. The van der Waals surface area contributed by atoms with Crippen molar-refractivity contribution in [3.63, 3.8) is 0 Å². The van der Waals surface area contributed by atoms with Crippen molar-refractivity contribution in [2.45, 2.75) is 44.6 Å². The molecule has 1 aromatic heterocycles.